The van der Waals surface area contributed by atoms with Gasteiger partial charge in [0.05, 0.1) is 20.2 Å². The Balaban J connectivity index is 0.00000288. The van der Waals surface area contributed by atoms with Crippen LogP contribution in [0.1, 0.15) is 29.8 Å². The molecule has 0 atom stereocenters. The Kier molecular flexibility index (Phi) is 8.51. The van der Waals surface area contributed by atoms with E-state index in [9.17, 15) is 0 Å². The summed E-state index contributed by atoms with van der Waals surface area (Å²) in [5, 5.41) is 10.1. The highest BCUT2D eigenvalue weighted by Crippen LogP contribution is 2.20. The fourth-order valence-corrected chi connectivity index (χ4v) is 2.06. The first kappa shape index (κ1) is 20.2. The number of guanidine groups is 1. The van der Waals surface area contributed by atoms with Gasteiger partial charge in [0, 0.05) is 12.1 Å². The second-order valence-corrected chi connectivity index (χ2v) is 5.10. The molecule has 0 saturated carbocycles. The number of ether oxygens (including phenoxy) is 1. The smallest absolute Gasteiger partial charge is 0.246 e. The molecule has 1 aromatic heterocycles. The van der Waals surface area contributed by atoms with E-state index in [1.807, 2.05) is 26.0 Å². The fraction of sp³-hybridized carbons (Fsp3) is 0.438. The summed E-state index contributed by atoms with van der Waals surface area (Å²) in [5.41, 5.74) is 2.19. The lowest BCUT2D eigenvalue weighted by Crippen LogP contribution is -2.36. The Bertz CT molecular complexity index is 672. The van der Waals surface area contributed by atoms with Crippen molar-refractivity contribution >= 4 is 29.9 Å². The molecule has 7 nitrogen and oxygen atoms in total. The van der Waals surface area contributed by atoms with Crippen molar-refractivity contribution in [3.8, 4) is 5.75 Å². The van der Waals surface area contributed by atoms with Gasteiger partial charge >= 0.3 is 0 Å². The van der Waals surface area contributed by atoms with Gasteiger partial charge in [0.2, 0.25) is 5.89 Å². The predicted octanol–water partition coefficient (Wildman–Crippen LogP) is 2.57. The first-order valence-electron chi connectivity index (χ1n) is 7.57. The molecule has 2 aromatic rings. The maximum atomic E-state index is 5.41. The molecule has 24 heavy (non-hydrogen) atoms. The Morgan fingerprint density at radius 1 is 1.29 bits per heavy atom. The molecule has 0 saturated heterocycles. The highest BCUT2D eigenvalue weighted by molar-refractivity contribution is 14.0. The number of aliphatic imine (C=N–C) groups is 1. The van der Waals surface area contributed by atoms with Crippen LogP contribution >= 0.6 is 24.0 Å². The lowest BCUT2D eigenvalue weighted by atomic mass is 10.1. The molecule has 8 heteroatoms. The molecule has 0 fully saturated rings. The average molecular weight is 445 g/mol. The molecule has 0 aliphatic carbocycles. The van der Waals surface area contributed by atoms with Gasteiger partial charge in [-0.2, -0.15) is 4.98 Å². The van der Waals surface area contributed by atoms with Crippen LogP contribution in [0.25, 0.3) is 0 Å². The largest absolute Gasteiger partial charge is 0.496 e. The van der Waals surface area contributed by atoms with Crippen molar-refractivity contribution < 1.29 is 9.26 Å². The van der Waals surface area contributed by atoms with Crippen molar-refractivity contribution in [1.82, 2.24) is 20.8 Å². The van der Waals surface area contributed by atoms with Gasteiger partial charge in [-0.25, -0.2) is 4.99 Å². The average Bonchev–Trinajstić information content (AvgIpc) is 2.96. The number of hydrogen-bond acceptors (Lipinski definition) is 5. The summed E-state index contributed by atoms with van der Waals surface area (Å²) in [6.07, 6.45) is 0. The van der Waals surface area contributed by atoms with Crippen molar-refractivity contribution in [2.75, 3.05) is 13.7 Å². The van der Waals surface area contributed by atoms with E-state index < -0.39 is 0 Å². The third-order valence-electron chi connectivity index (χ3n) is 3.17. The molecule has 0 radical (unpaired) electrons. The van der Waals surface area contributed by atoms with Gasteiger partial charge in [0.1, 0.15) is 5.75 Å². The highest BCUT2D eigenvalue weighted by Gasteiger charge is 2.06. The zero-order valence-electron chi connectivity index (χ0n) is 14.4. The molecular weight excluding hydrogens is 421 g/mol. The van der Waals surface area contributed by atoms with Crippen LogP contribution < -0.4 is 15.4 Å². The monoisotopic (exact) mass is 445 g/mol. The Hall–Kier alpha value is -1.84. The first-order valence-corrected chi connectivity index (χ1v) is 7.57. The van der Waals surface area contributed by atoms with E-state index in [4.69, 9.17) is 9.26 Å². The third kappa shape index (κ3) is 5.99. The molecule has 1 heterocycles. The first-order chi connectivity index (χ1) is 11.1. The number of rotatable bonds is 6. The molecule has 0 unspecified atom stereocenters. The molecule has 132 valence electrons. The third-order valence-corrected chi connectivity index (χ3v) is 3.17. The number of aromatic nitrogens is 2. The minimum atomic E-state index is 0. The maximum absolute atomic E-state index is 5.41. The van der Waals surface area contributed by atoms with E-state index in [1.165, 1.54) is 0 Å². The quantitative estimate of drug-likeness (QED) is 0.404. The van der Waals surface area contributed by atoms with Crippen molar-refractivity contribution in [2.24, 2.45) is 4.99 Å². The van der Waals surface area contributed by atoms with E-state index in [-0.39, 0.29) is 24.0 Å². The number of halogens is 1. The minimum Gasteiger partial charge on any atom is -0.496 e. The fourth-order valence-electron chi connectivity index (χ4n) is 2.06. The number of benzene rings is 1. The zero-order valence-corrected chi connectivity index (χ0v) is 16.8. The topological polar surface area (TPSA) is 84.6 Å². The van der Waals surface area contributed by atoms with E-state index in [1.54, 1.807) is 14.0 Å². The maximum Gasteiger partial charge on any atom is 0.246 e. The van der Waals surface area contributed by atoms with Crippen LogP contribution in [0.3, 0.4) is 0 Å². The van der Waals surface area contributed by atoms with Crippen LogP contribution in [0, 0.1) is 13.8 Å². The minimum absolute atomic E-state index is 0. The number of methoxy groups -OCH3 is 1. The Labute approximate surface area is 159 Å². The van der Waals surface area contributed by atoms with E-state index >= 15 is 0 Å². The van der Waals surface area contributed by atoms with Crippen molar-refractivity contribution in [3.63, 3.8) is 0 Å². The summed E-state index contributed by atoms with van der Waals surface area (Å²) in [4.78, 5) is 8.72. The summed E-state index contributed by atoms with van der Waals surface area (Å²) < 4.78 is 10.5. The van der Waals surface area contributed by atoms with E-state index in [0.717, 1.165) is 23.4 Å². The lowest BCUT2D eigenvalue weighted by Gasteiger charge is -2.11. The molecule has 0 aliphatic heterocycles. The van der Waals surface area contributed by atoms with Crippen molar-refractivity contribution in [1.29, 1.82) is 0 Å². The second kappa shape index (κ2) is 10.1. The van der Waals surface area contributed by atoms with Gasteiger partial charge in [-0.05, 0) is 32.4 Å². The molecule has 0 spiro atoms. The summed E-state index contributed by atoms with van der Waals surface area (Å²) >= 11 is 0. The summed E-state index contributed by atoms with van der Waals surface area (Å²) in [7, 11) is 1.67. The lowest BCUT2D eigenvalue weighted by molar-refractivity contribution is 0.371. The zero-order chi connectivity index (χ0) is 16.7. The normalized spacial score (nSPS) is 10.9. The summed E-state index contributed by atoms with van der Waals surface area (Å²) in [6, 6.07) is 6.09. The van der Waals surface area contributed by atoms with Gasteiger partial charge in [-0.15, -0.1) is 24.0 Å². The molecule has 0 amide bonds. The van der Waals surface area contributed by atoms with Gasteiger partial charge in [0.15, 0.2) is 11.8 Å². The molecule has 2 rings (SSSR count). The van der Waals surface area contributed by atoms with Gasteiger partial charge in [0.25, 0.3) is 0 Å². The van der Waals surface area contributed by atoms with Gasteiger partial charge < -0.3 is 19.9 Å². The SMILES string of the molecule is CCNC(=NCc1ccc(C)cc1OC)NCc1nc(C)no1.I. The van der Waals surface area contributed by atoms with Crippen molar-refractivity contribution in [2.45, 2.75) is 33.9 Å². The molecule has 1 aromatic carbocycles. The number of hydrogen-bond donors (Lipinski definition) is 2. The van der Waals surface area contributed by atoms with Crippen LogP contribution in [0.15, 0.2) is 27.7 Å². The van der Waals surface area contributed by atoms with Crippen molar-refractivity contribution in [3.05, 3.63) is 41.0 Å². The van der Waals surface area contributed by atoms with Gasteiger partial charge in [-0.1, -0.05) is 17.3 Å². The number of aryl methyl sites for hydroxylation is 2. The molecule has 0 aliphatic rings. The molecular formula is C16H24IN5O2. The molecule has 0 bridgehead atoms. The van der Waals surface area contributed by atoms with Crippen LogP contribution in [-0.2, 0) is 13.1 Å². The Morgan fingerprint density at radius 3 is 2.71 bits per heavy atom. The van der Waals surface area contributed by atoms with Gasteiger partial charge in [-0.3, -0.25) is 0 Å². The van der Waals surface area contributed by atoms with Crippen LogP contribution in [0.5, 0.6) is 5.75 Å². The second-order valence-electron chi connectivity index (χ2n) is 5.10. The summed E-state index contributed by atoms with van der Waals surface area (Å²) in [5.74, 6) is 2.68. The van der Waals surface area contributed by atoms with Crippen LogP contribution in [0.2, 0.25) is 0 Å². The van der Waals surface area contributed by atoms with E-state index in [0.29, 0.717) is 30.8 Å². The standard InChI is InChI=1S/C16H23N5O2.HI/c1-5-17-16(19-10-15-20-12(3)21-23-15)18-9-13-7-6-11(2)8-14(13)22-4;/h6-8H,5,9-10H2,1-4H3,(H2,17,18,19);1H. The van der Waals surface area contributed by atoms with Crippen LogP contribution in [0.4, 0.5) is 0 Å². The predicted molar refractivity (Wildman–Crippen MR) is 104 cm³/mol. The van der Waals surface area contributed by atoms with E-state index in [2.05, 4.69) is 31.8 Å². The number of nitrogens with zero attached hydrogens (tertiary/aromatic N) is 3. The highest BCUT2D eigenvalue weighted by atomic mass is 127. The Morgan fingerprint density at radius 2 is 2.08 bits per heavy atom. The molecule has 2 N–H and O–H groups in total. The van der Waals surface area contributed by atoms with Crippen LogP contribution in [-0.4, -0.2) is 29.8 Å². The summed E-state index contributed by atoms with van der Waals surface area (Å²) in [6.45, 7) is 7.54. The number of nitrogens with one attached hydrogen (secondary N) is 2.